The molecule has 0 aromatic carbocycles. The Balaban J connectivity index is -0.000000719. The normalized spacial score (nSPS) is 11.4. The van der Waals surface area contributed by atoms with Crippen LogP contribution in [-0.2, 0) is 10.4 Å². The van der Waals surface area contributed by atoms with Crippen LogP contribution in [0.3, 0.4) is 0 Å². The third kappa shape index (κ3) is 68.5. The van der Waals surface area contributed by atoms with Crippen molar-refractivity contribution in [1.29, 1.82) is 0 Å². The molecule has 6 nitrogen and oxygen atoms in total. The molecule has 0 aromatic rings. The highest BCUT2D eigenvalue weighted by atomic mass is 32.3. The Labute approximate surface area is 297 Å². The molecule has 0 fully saturated rings. The number of nitrogens with one attached hydrogen (secondary N) is 2. The molecule has 0 saturated carbocycles. The van der Waals surface area contributed by atoms with E-state index in [-0.39, 0.29) is 0 Å². The minimum atomic E-state index is -5.17. The summed E-state index contributed by atoms with van der Waals surface area (Å²) in [5, 5.41) is 0. The van der Waals surface area contributed by atoms with Crippen LogP contribution in [0.2, 0.25) is 0 Å². The van der Waals surface area contributed by atoms with E-state index in [2.05, 4.69) is 42.0 Å². The average Bonchev–Trinajstić information content (AvgIpc) is 3.00. The largest absolute Gasteiger partial charge is 0.759 e. The third-order valence-electron chi connectivity index (χ3n) is 9.06. The van der Waals surface area contributed by atoms with E-state index in [1.54, 1.807) is 9.80 Å². The standard InChI is InChI=1S/2C20H43N.H2O4S/c2*1-4-5-6-7-8-9-10-11-12-13-14-15-16-17-18-19-20-21(2)3;1-5(2,3)4/h2*4-20H2,1-3H3;(H2,1,2,3,4). The lowest BCUT2D eigenvalue weighted by Crippen LogP contribution is -3.05. The minimum absolute atomic E-state index is 1.35. The van der Waals surface area contributed by atoms with Gasteiger partial charge in [-0.1, -0.05) is 194 Å². The lowest BCUT2D eigenvalue weighted by Gasteiger charge is -2.06. The lowest BCUT2D eigenvalue weighted by molar-refractivity contribution is -0.858. The molecule has 0 spiro atoms. The predicted octanol–water partition coefficient (Wildman–Crippen LogP) is 9.45. The van der Waals surface area contributed by atoms with Crippen molar-refractivity contribution in [2.45, 2.75) is 219 Å². The van der Waals surface area contributed by atoms with Crippen LogP contribution in [0.1, 0.15) is 219 Å². The van der Waals surface area contributed by atoms with Crippen molar-refractivity contribution >= 4 is 10.4 Å². The van der Waals surface area contributed by atoms with Crippen LogP contribution in [0.15, 0.2) is 0 Å². The molecule has 0 unspecified atom stereocenters. The summed E-state index contributed by atoms with van der Waals surface area (Å²) in [6.45, 7) is 7.28. The van der Waals surface area contributed by atoms with Crippen molar-refractivity contribution in [2.24, 2.45) is 0 Å². The van der Waals surface area contributed by atoms with Gasteiger partial charge in [-0.05, 0) is 25.7 Å². The smallest absolute Gasteiger partial charge is 0.0766 e. The molecular weight excluding hydrogens is 605 g/mol. The SMILES string of the molecule is CCCCCCCCCCCCCCCCCC[NH+](C)C.CCCCCCCCCCCCCCCCCC[NH+](C)C.O=S(=O)([O-])[O-]. The van der Waals surface area contributed by atoms with Crippen molar-refractivity contribution in [1.82, 2.24) is 0 Å². The van der Waals surface area contributed by atoms with E-state index in [1.165, 1.54) is 219 Å². The van der Waals surface area contributed by atoms with Gasteiger partial charge in [-0.2, -0.15) is 0 Å². The number of rotatable bonds is 34. The van der Waals surface area contributed by atoms with Crippen molar-refractivity contribution in [2.75, 3.05) is 41.3 Å². The molecule has 2 N–H and O–H groups in total. The van der Waals surface area contributed by atoms with Crippen LogP contribution in [-0.4, -0.2) is 58.8 Å². The minimum Gasteiger partial charge on any atom is -0.759 e. The summed E-state index contributed by atoms with van der Waals surface area (Å²) < 4.78 is 34.1. The van der Waals surface area contributed by atoms with Crippen molar-refractivity contribution in [3.63, 3.8) is 0 Å². The Morgan fingerprint density at radius 1 is 0.319 bits per heavy atom. The zero-order valence-electron chi connectivity index (χ0n) is 33.1. The van der Waals surface area contributed by atoms with Gasteiger partial charge in [0.2, 0.25) is 0 Å². The Bertz CT molecular complexity index is 596. The maximum atomic E-state index is 8.52. The maximum Gasteiger partial charge on any atom is 0.0766 e. The molecule has 0 aliphatic heterocycles. The first-order valence-electron chi connectivity index (χ1n) is 20.8. The summed E-state index contributed by atoms with van der Waals surface area (Å²) in [6, 6.07) is 0. The fourth-order valence-corrected chi connectivity index (χ4v) is 6.05. The fraction of sp³-hybridized carbons (Fsp3) is 1.00. The molecule has 288 valence electrons. The molecule has 0 amide bonds. The molecule has 0 atom stereocenters. The number of quaternary nitrogens is 2. The molecule has 0 aliphatic carbocycles. The Morgan fingerprint density at radius 3 is 0.574 bits per heavy atom. The second kappa shape index (κ2) is 43.8. The first-order chi connectivity index (χ1) is 22.5. The molecule has 0 bridgehead atoms. The molecule has 0 rings (SSSR count). The van der Waals surface area contributed by atoms with E-state index in [0.29, 0.717) is 0 Å². The highest BCUT2D eigenvalue weighted by Crippen LogP contribution is 2.15. The van der Waals surface area contributed by atoms with Gasteiger partial charge in [0.15, 0.2) is 0 Å². The zero-order valence-corrected chi connectivity index (χ0v) is 33.9. The third-order valence-corrected chi connectivity index (χ3v) is 9.06. The second-order valence-electron chi connectivity index (χ2n) is 14.9. The van der Waals surface area contributed by atoms with Crippen molar-refractivity contribution in [3.8, 4) is 0 Å². The highest BCUT2D eigenvalue weighted by Gasteiger charge is 1.97. The zero-order chi connectivity index (χ0) is 35.7. The second-order valence-corrected chi connectivity index (χ2v) is 15.7. The van der Waals surface area contributed by atoms with E-state index in [0.717, 1.165) is 0 Å². The van der Waals surface area contributed by atoms with Gasteiger partial charge >= 0.3 is 0 Å². The quantitative estimate of drug-likeness (QED) is 0.0400. The van der Waals surface area contributed by atoms with E-state index in [9.17, 15) is 0 Å². The summed E-state index contributed by atoms with van der Waals surface area (Å²) in [5.74, 6) is 0. The van der Waals surface area contributed by atoms with E-state index >= 15 is 0 Å². The van der Waals surface area contributed by atoms with Crippen LogP contribution in [0.25, 0.3) is 0 Å². The maximum absolute atomic E-state index is 8.52. The van der Waals surface area contributed by atoms with E-state index < -0.39 is 10.4 Å². The molecule has 7 heteroatoms. The molecule has 0 aliphatic rings. The molecule has 0 heterocycles. The first-order valence-corrected chi connectivity index (χ1v) is 22.1. The van der Waals surface area contributed by atoms with Gasteiger partial charge in [-0.3, -0.25) is 8.42 Å². The van der Waals surface area contributed by atoms with Gasteiger partial charge in [-0.15, -0.1) is 0 Å². The van der Waals surface area contributed by atoms with Crippen molar-refractivity contribution < 1.29 is 27.3 Å². The Morgan fingerprint density at radius 2 is 0.447 bits per heavy atom. The molecule has 47 heavy (non-hydrogen) atoms. The van der Waals surface area contributed by atoms with Gasteiger partial charge in [-0.25, -0.2) is 0 Å². The van der Waals surface area contributed by atoms with Crippen LogP contribution < -0.4 is 9.80 Å². The summed E-state index contributed by atoms with van der Waals surface area (Å²) in [6.07, 6.45) is 46.8. The number of hydrogen-bond donors (Lipinski definition) is 2. The summed E-state index contributed by atoms with van der Waals surface area (Å²) in [5.41, 5.74) is 0. The van der Waals surface area contributed by atoms with Crippen LogP contribution in [0.5, 0.6) is 0 Å². The number of unbranched alkanes of at least 4 members (excludes halogenated alkanes) is 30. The molecular formula is C40H88N2O4S. The van der Waals surface area contributed by atoms with Crippen LogP contribution in [0.4, 0.5) is 0 Å². The Kier molecular flexibility index (Phi) is 47.7. The monoisotopic (exact) mass is 693 g/mol. The highest BCUT2D eigenvalue weighted by molar-refractivity contribution is 7.79. The lowest BCUT2D eigenvalue weighted by atomic mass is 10.0. The summed E-state index contributed by atoms with van der Waals surface area (Å²) in [7, 11) is 3.85. The Hall–Kier alpha value is -0.210. The average molecular weight is 693 g/mol. The first kappa shape index (κ1) is 51.2. The van der Waals surface area contributed by atoms with E-state index in [1.807, 2.05) is 0 Å². The molecule has 0 saturated heterocycles. The van der Waals surface area contributed by atoms with Gasteiger partial charge in [0.25, 0.3) is 0 Å². The summed E-state index contributed by atoms with van der Waals surface area (Å²) in [4.78, 5) is 3.20. The topological polar surface area (TPSA) is 89.1 Å². The van der Waals surface area contributed by atoms with Crippen LogP contribution >= 0.6 is 0 Å². The van der Waals surface area contributed by atoms with Crippen molar-refractivity contribution in [3.05, 3.63) is 0 Å². The van der Waals surface area contributed by atoms with Gasteiger partial charge in [0.05, 0.1) is 41.3 Å². The van der Waals surface area contributed by atoms with Gasteiger partial charge in [0, 0.05) is 10.4 Å². The van der Waals surface area contributed by atoms with Gasteiger partial charge in [0.1, 0.15) is 0 Å². The van der Waals surface area contributed by atoms with Gasteiger partial charge < -0.3 is 18.9 Å². The molecule has 0 radical (unpaired) electrons. The van der Waals surface area contributed by atoms with E-state index in [4.69, 9.17) is 17.5 Å². The number of hydrogen-bond acceptors (Lipinski definition) is 4. The van der Waals surface area contributed by atoms with Crippen LogP contribution in [0, 0.1) is 0 Å². The predicted molar refractivity (Wildman–Crippen MR) is 205 cm³/mol. The molecule has 0 aromatic heterocycles. The fourth-order valence-electron chi connectivity index (χ4n) is 6.05. The summed E-state index contributed by atoms with van der Waals surface area (Å²) >= 11 is 0.